The lowest BCUT2D eigenvalue weighted by Crippen LogP contribution is -2.40. The fourth-order valence-electron chi connectivity index (χ4n) is 2.29. The molecule has 0 bridgehead atoms. The van der Waals surface area contributed by atoms with Gasteiger partial charge in [0.25, 0.3) is 0 Å². The van der Waals surface area contributed by atoms with Crippen LogP contribution < -0.4 is 5.32 Å². The van der Waals surface area contributed by atoms with Gasteiger partial charge >= 0.3 is 0 Å². The van der Waals surface area contributed by atoms with Gasteiger partial charge in [-0.3, -0.25) is 0 Å². The molecular weight excluding hydrogens is 138 g/mol. The van der Waals surface area contributed by atoms with Crippen LogP contribution in [0.4, 0.5) is 0 Å². The Labute approximate surface area is 68.3 Å². The van der Waals surface area contributed by atoms with Crippen molar-refractivity contribution in [1.82, 2.24) is 5.32 Å². The second-order valence-electron chi connectivity index (χ2n) is 4.03. The molecule has 2 aliphatic heterocycles. The van der Waals surface area contributed by atoms with Gasteiger partial charge in [-0.25, -0.2) is 0 Å². The molecule has 2 rings (SSSR count). The van der Waals surface area contributed by atoms with Gasteiger partial charge in [0, 0.05) is 18.6 Å². The van der Waals surface area contributed by atoms with Crippen molar-refractivity contribution in [3.8, 4) is 0 Å². The Morgan fingerprint density at radius 3 is 3.09 bits per heavy atom. The van der Waals surface area contributed by atoms with Gasteiger partial charge in [0.05, 0.1) is 6.61 Å². The van der Waals surface area contributed by atoms with Gasteiger partial charge in [-0.15, -0.1) is 0 Å². The third kappa shape index (κ3) is 1.18. The monoisotopic (exact) mass is 155 g/mol. The normalized spacial score (nSPS) is 45.0. The molecule has 0 radical (unpaired) electrons. The van der Waals surface area contributed by atoms with Crippen molar-refractivity contribution >= 4 is 0 Å². The molecule has 0 aliphatic carbocycles. The molecule has 0 amide bonds. The predicted octanol–water partition coefficient (Wildman–Crippen LogP) is 1.02. The highest BCUT2D eigenvalue weighted by Crippen LogP contribution is 2.39. The summed E-state index contributed by atoms with van der Waals surface area (Å²) in [4.78, 5) is 0. The van der Waals surface area contributed by atoms with Gasteiger partial charge in [0.15, 0.2) is 0 Å². The largest absolute Gasteiger partial charge is 0.381 e. The molecule has 2 aliphatic rings. The van der Waals surface area contributed by atoms with Crippen LogP contribution in [0.5, 0.6) is 0 Å². The van der Waals surface area contributed by atoms with Crippen molar-refractivity contribution in [2.75, 3.05) is 26.3 Å². The average Bonchev–Trinajstić information content (AvgIpc) is 2.46. The molecule has 2 saturated heterocycles. The van der Waals surface area contributed by atoms with E-state index in [1.807, 2.05) is 0 Å². The summed E-state index contributed by atoms with van der Waals surface area (Å²) >= 11 is 0. The van der Waals surface area contributed by atoms with Gasteiger partial charge in [0.1, 0.15) is 0 Å². The lowest BCUT2D eigenvalue weighted by molar-refractivity contribution is -0.0344. The standard InChI is InChI=1S/C9H17NO/c1-8-2-5-11-7-9(8)3-4-10-6-9/h8,10H,2-7H2,1H3. The molecule has 0 aromatic carbocycles. The number of hydrogen-bond acceptors (Lipinski definition) is 2. The smallest absolute Gasteiger partial charge is 0.0537 e. The van der Waals surface area contributed by atoms with E-state index in [4.69, 9.17) is 4.74 Å². The lowest BCUT2D eigenvalue weighted by atomic mass is 9.73. The topological polar surface area (TPSA) is 21.3 Å². The van der Waals surface area contributed by atoms with E-state index in [1.165, 1.54) is 25.9 Å². The Balaban J connectivity index is 2.07. The summed E-state index contributed by atoms with van der Waals surface area (Å²) in [6.45, 7) is 6.70. The summed E-state index contributed by atoms with van der Waals surface area (Å²) in [7, 11) is 0. The van der Waals surface area contributed by atoms with E-state index < -0.39 is 0 Å². The Bertz CT molecular complexity index is 140. The van der Waals surface area contributed by atoms with Gasteiger partial charge < -0.3 is 10.1 Å². The van der Waals surface area contributed by atoms with Crippen LogP contribution in [-0.2, 0) is 4.74 Å². The number of nitrogens with one attached hydrogen (secondary N) is 1. The summed E-state index contributed by atoms with van der Waals surface area (Å²) in [6, 6.07) is 0. The molecule has 64 valence electrons. The molecule has 0 aromatic heterocycles. The summed E-state index contributed by atoms with van der Waals surface area (Å²) in [5, 5.41) is 3.43. The second-order valence-corrected chi connectivity index (χ2v) is 4.03. The van der Waals surface area contributed by atoms with Crippen molar-refractivity contribution < 1.29 is 4.74 Å². The summed E-state index contributed by atoms with van der Waals surface area (Å²) < 4.78 is 5.54. The van der Waals surface area contributed by atoms with E-state index in [-0.39, 0.29) is 0 Å². The highest BCUT2D eigenvalue weighted by atomic mass is 16.5. The molecule has 0 aromatic rings. The molecule has 2 fully saturated rings. The van der Waals surface area contributed by atoms with E-state index in [0.29, 0.717) is 5.41 Å². The van der Waals surface area contributed by atoms with Crippen LogP contribution in [0, 0.1) is 11.3 Å². The van der Waals surface area contributed by atoms with E-state index >= 15 is 0 Å². The number of hydrogen-bond donors (Lipinski definition) is 1. The van der Waals surface area contributed by atoms with Gasteiger partial charge in [-0.2, -0.15) is 0 Å². The Morgan fingerprint density at radius 2 is 2.45 bits per heavy atom. The maximum Gasteiger partial charge on any atom is 0.0537 e. The number of rotatable bonds is 0. The first-order valence-electron chi connectivity index (χ1n) is 4.62. The third-order valence-electron chi connectivity index (χ3n) is 3.41. The van der Waals surface area contributed by atoms with Crippen molar-refractivity contribution in [2.24, 2.45) is 11.3 Å². The summed E-state index contributed by atoms with van der Waals surface area (Å²) in [5.41, 5.74) is 0.498. The molecule has 2 nitrogen and oxygen atoms in total. The van der Waals surface area contributed by atoms with Crippen LogP contribution in [0.3, 0.4) is 0 Å². The Morgan fingerprint density at radius 1 is 1.55 bits per heavy atom. The highest BCUT2D eigenvalue weighted by Gasteiger charge is 2.41. The van der Waals surface area contributed by atoms with Crippen LogP contribution in [0.2, 0.25) is 0 Å². The van der Waals surface area contributed by atoms with Gasteiger partial charge in [-0.1, -0.05) is 6.92 Å². The maximum absolute atomic E-state index is 5.54. The Hall–Kier alpha value is -0.0800. The SMILES string of the molecule is CC1CCOCC12CCNC2. The molecular formula is C9H17NO. The van der Waals surface area contributed by atoms with Crippen molar-refractivity contribution in [1.29, 1.82) is 0 Å². The predicted molar refractivity (Wildman–Crippen MR) is 44.5 cm³/mol. The van der Waals surface area contributed by atoms with Crippen molar-refractivity contribution in [3.05, 3.63) is 0 Å². The molecule has 1 N–H and O–H groups in total. The van der Waals surface area contributed by atoms with E-state index in [1.54, 1.807) is 0 Å². The molecule has 2 heterocycles. The highest BCUT2D eigenvalue weighted by molar-refractivity contribution is 4.93. The first-order chi connectivity index (χ1) is 5.33. The fourth-order valence-corrected chi connectivity index (χ4v) is 2.29. The quantitative estimate of drug-likeness (QED) is 0.564. The average molecular weight is 155 g/mol. The summed E-state index contributed by atoms with van der Waals surface area (Å²) in [6.07, 6.45) is 2.57. The van der Waals surface area contributed by atoms with Crippen molar-refractivity contribution in [2.45, 2.75) is 19.8 Å². The Kier molecular flexibility index (Phi) is 1.90. The third-order valence-corrected chi connectivity index (χ3v) is 3.41. The summed E-state index contributed by atoms with van der Waals surface area (Å²) in [5.74, 6) is 0.853. The van der Waals surface area contributed by atoms with Crippen molar-refractivity contribution in [3.63, 3.8) is 0 Å². The maximum atomic E-state index is 5.54. The first-order valence-corrected chi connectivity index (χ1v) is 4.62. The lowest BCUT2D eigenvalue weighted by Gasteiger charge is -2.38. The minimum absolute atomic E-state index is 0.498. The van der Waals surface area contributed by atoms with Crippen LogP contribution in [0.15, 0.2) is 0 Å². The molecule has 0 saturated carbocycles. The minimum Gasteiger partial charge on any atom is -0.381 e. The second kappa shape index (κ2) is 2.76. The van der Waals surface area contributed by atoms with Crippen LogP contribution >= 0.6 is 0 Å². The zero-order chi connectivity index (χ0) is 7.73. The van der Waals surface area contributed by atoms with Crippen LogP contribution in [0.25, 0.3) is 0 Å². The van der Waals surface area contributed by atoms with Crippen LogP contribution in [-0.4, -0.2) is 26.3 Å². The zero-order valence-electron chi connectivity index (χ0n) is 7.23. The van der Waals surface area contributed by atoms with Gasteiger partial charge in [0.2, 0.25) is 0 Å². The van der Waals surface area contributed by atoms with Crippen LogP contribution in [0.1, 0.15) is 19.8 Å². The van der Waals surface area contributed by atoms with E-state index in [0.717, 1.165) is 19.1 Å². The molecule has 2 heteroatoms. The van der Waals surface area contributed by atoms with E-state index in [9.17, 15) is 0 Å². The van der Waals surface area contributed by atoms with Gasteiger partial charge in [-0.05, 0) is 25.3 Å². The minimum atomic E-state index is 0.498. The molecule has 11 heavy (non-hydrogen) atoms. The number of ether oxygens (including phenoxy) is 1. The first kappa shape index (κ1) is 7.56. The molecule has 1 spiro atoms. The molecule has 2 unspecified atom stereocenters. The van der Waals surface area contributed by atoms with E-state index in [2.05, 4.69) is 12.2 Å². The molecule has 2 atom stereocenters. The zero-order valence-corrected chi connectivity index (χ0v) is 7.23. The fraction of sp³-hybridized carbons (Fsp3) is 1.00.